The van der Waals surface area contributed by atoms with Crippen LogP contribution in [0.2, 0.25) is 0 Å². The number of carboxylic acids is 1. The largest absolute Gasteiger partial charge is 0.481 e. The van der Waals surface area contributed by atoms with Crippen molar-refractivity contribution in [3.8, 4) is 0 Å². The maximum absolute atomic E-state index is 11.5. The Morgan fingerprint density at radius 3 is 2.74 bits per heavy atom. The third kappa shape index (κ3) is 8.42. The molecule has 1 heterocycles. The number of rotatable bonds is 8. The van der Waals surface area contributed by atoms with E-state index in [4.69, 9.17) is 9.84 Å². The van der Waals surface area contributed by atoms with E-state index in [1.54, 1.807) is 0 Å². The van der Waals surface area contributed by atoms with Crippen molar-refractivity contribution < 1.29 is 19.4 Å². The molecule has 0 aromatic carbocycles. The Hall–Kier alpha value is -1.30. The van der Waals surface area contributed by atoms with Gasteiger partial charge in [0.2, 0.25) is 0 Å². The Labute approximate surface area is 113 Å². The molecule has 0 radical (unpaired) electrons. The summed E-state index contributed by atoms with van der Waals surface area (Å²) in [6, 6.07) is -0.149. The highest BCUT2D eigenvalue weighted by Gasteiger charge is 2.14. The second-order valence-electron chi connectivity index (χ2n) is 4.92. The number of unbranched alkanes of at least 4 members (excludes halogenated alkanes) is 2. The summed E-state index contributed by atoms with van der Waals surface area (Å²) in [6.07, 6.45) is 4.68. The average molecular weight is 272 g/mol. The molecule has 3 N–H and O–H groups in total. The Bertz CT molecular complexity index is 278. The predicted octanol–water partition coefficient (Wildman–Crippen LogP) is 1.36. The van der Waals surface area contributed by atoms with Crippen molar-refractivity contribution in [2.24, 2.45) is 5.92 Å². The van der Waals surface area contributed by atoms with Crippen LogP contribution in [0.3, 0.4) is 0 Å². The number of ether oxygens (including phenoxy) is 1. The minimum absolute atomic E-state index is 0.149. The number of aliphatic carboxylic acids is 1. The molecule has 6 heteroatoms. The number of carbonyl (C=O) groups excluding carboxylic acids is 1. The molecule has 0 aromatic rings. The van der Waals surface area contributed by atoms with E-state index >= 15 is 0 Å². The number of carbonyl (C=O) groups is 2. The van der Waals surface area contributed by atoms with Crippen molar-refractivity contribution in [2.45, 2.75) is 38.5 Å². The van der Waals surface area contributed by atoms with Crippen LogP contribution >= 0.6 is 0 Å². The van der Waals surface area contributed by atoms with Gasteiger partial charge in [-0.3, -0.25) is 4.79 Å². The Kier molecular flexibility index (Phi) is 7.97. The summed E-state index contributed by atoms with van der Waals surface area (Å²) in [5.74, 6) is -0.338. The van der Waals surface area contributed by atoms with Crippen molar-refractivity contribution in [1.82, 2.24) is 10.6 Å². The first-order valence-corrected chi connectivity index (χ1v) is 6.99. The first kappa shape index (κ1) is 15.8. The van der Waals surface area contributed by atoms with Gasteiger partial charge >= 0.3 is 12.0 Å². The van der Waals surface area contributed by atoms with Crippen molar-refractivity contribution in [1.29, 1.82) is 0 Å². The summed E-state index contributed by atoms with van der Waals surface area (Å²) in [6.45, 7) is 2.81. The molecule has 1 rings (SSSR count). The summed E-state index contributed by atoms with van der Waals surface area (Å²) in [5, 5.41) is 14.1. The van der Waals surface area contributed by atoms with E-state index in [1.165, 1.54) is 0 Å². The first-order valence-electron chi connectivity index (χ1n) is 6.99. The summed E-state index contributed by atoms with van der Waals surface area (Å²) >= 11 is 0. The van der Waals surface area contributed by atoms with Crippen LogP contribution in [-0.4, -0.2) is 43.4 Å². The van der Waals surface area contributed by atoms with Gasteiger partial charge in [-0.1, -0.05) is 6.42 Å². The number of urea groups is 1. The lowest BCUT2D eigenvalue weighted by Gasteiger charge is -2.22. The minimum atomic E-state index is -0.764. The van der Waals surface area contributed by atoms with E-state index in [-0.39, 0.29) is 12.5 Å². The number of hydrogen-bond acceptors (Lipinski definition) is 3. The van der Waals surface area contributed by atoms with Crippen LogP contribution in [0.5, 0.6) is 0 Å². The van der Waals surface area contributed by atoms with Crippen LogP contribution < -0.4 is 10.6 Å². The second-order valence-corrected chi connectivity index (χ2v) is 4.92. The van der Waals surface area contributed by atoms with E-state index in [0.717, 1.165) is 38.9 Å². The molecule has 0 spiro atoms. The molecule has 0 aliphatic carbocycles. The molecular formula is C13H24N2O4. The van der Waals surface area contributed by atoms with Gasteiger partial charge in [0.25, 0.3) is 0 Å². The van der Waals surface area contributed by atoms with Crippen molar-refractivity contribution >= 4 is 12.0 Å². The maximum Gasteiger partial charge on any atom is 0.314 e. The average Bonchev–Trinajstić information content (AvgIpc) is 2.41. The molecule has 1 saturated heterocycles. The lowest BCUT2D eigenvalue weighted by molar-refractivity contribution is -0.137. The molecule has 0 bridgehead atoms. The van der Waals surface area contributed by atoms with Gasteiger partial charge < -0.3 is 20.5 Å². The molecular weight excluding hydrogens is 248 g/mol. The Balaban J connectivity index is 1.91. The summed E-state index contributed by atoms with van der Waals surface area (Å²) in [4.78, 5) is 21.8. The standard InChI is InChI=1S/C13H24N2O4/c16-12(17)6-2-1-3-7-14-13(18)15-9-11-5-4-8-19-10-11/h11H,1-10H2,(H,16,17)(H2,14,15,18). The molecule has 110 valence electrons. The van der Waals surface area contributed by atoms with Crippen molar-refractivity contribution in [3.63, 3.8) is 0 Å². The quantitative estimate of drug-likeness (QED) is 0.582. The second kappa shape index (κ2) is 9.61. The summed E-state index contributed by atoms with van der Waals surface area (Å²) < 4.78 is 5.34. The number of nitrogens with one attached hydrogen (secondary N) is 2. The van der Waals surface area contributed by atoms with E-state index in [9.17, 15) is 9.59 Å². The highest BCUT2D eigenvalue weighted by molar-refractivity contribution is 5.73. The van der Waals surface area contributed by atoms with Gasteiger partial charge in [-0.05, 0) is 31.6 Å². The van der Waals surface area contributed by atoms with Crippen LogP contribution in [0.1, 0.15) is 38.5 Å². The molecule has 6 nitrogen and oxygen atoms in total. The van der Waals surface area contributed by atoms with E-state index in [0.29, 0.717) is 25.4 Å². The first-order chi connectivity index (χ1) is 9.18. The van der Waals surface area contributed by atoms with Crippen LogP contribution in [0.25, 0.3) is 0 Å². The lowest BCUT2D eigenvalue weighted by atomic mass is 10.0. The highest BCUT2D eigenvalue weighted by atomic mass is 16.5. The monoisotopic (exact) mass is 272 g/mol. The third-order valence-corrected chi connectivity index (χ3v) is 3.16. The SMILES string of the molecule is O=C(O)CCCCCNC(=O)NCC1CCCOC1. The van der Waals surface area contributed by atoms with Crippen LogP contribution in [-0.2, 0) is 9.53 Å². The number of hydrogen-bond donors (Lipinski definition) is 3. The van der Waals surface area contributed by atoms with Crippen molar-refractivity contribution in [3.05, 3.63) is 0 Å². The van der Waals surface area contributed by atoms with E-state index < -0.39 is 5.97 Å². The zero-order valence-electron chi connectivity index (χ0n) is 11.3. The fourth-order valence-electron chi connectivity index (χ4n) is 2.05. The van der Waals surface area contributed by atoms with Gasteiger partial charge in [0.1, 0.15) is 0 Å². The summed E-state index contributed by atoms with van der Waals surface area (Å²) in [7, 11) is 0. The van der Waals surface area contributed by atoms with Gasteiger partial charge in [-0.15, -0.1) is 0 Å². The Morgan fingerprint density at radius 1 is 1.21 bits per heavy atom. The Morgan fingerprint density at radius 2 is 2.05 bits per heavy atom. The smallest absolute Gasteiger partial charge is 0.314 e. The molecule has 1 fully saturated rings. The van der Waals surface area contributed by atoms with Crippen LogP contribution in [0.15, 0.2) is 0 Å². The van der Waals surface area contributed by atoms with Crippen LogP contribution in [0, 0.1) is 5.92 Å². The number of carboxylic acid groups (broad SMARTS) is 1. The zero-order chi connectivity index (χ0) is 13.9. The molecule has 2 amide bonds. The molecule has 0 saturated carbocycles. The lowest BCUT2D eigenvalue weighted by Crippen LogP contribution is -2.40. The van der Waals surface area contributed by atoms with Gasteiger partial charge in [0.15, 0.2) is 0 Å². The molecule has 1 unspecified atom stereocenters. The zero-order valence-corrected chi connectivity index (χ0v) is 11.3. The fourth-order valence-corrected chi connectivity index (χ4v) is 2.05. The normalized spacial score (nSPS) is 18.8. The minimum Gasteiger partial charge on any atom is -0.481 e. The predicted molar refractivity (Wildman–Crippen MR) is 71.0 cm³/mol. The van der Waals surface area contributed by atoms with Gasteiger partial charge in [-0.2, -0.15) is 0 Å². The van der Waals surface area contributed by atoms with Crippen LogP contribution in [0.4, 0.5) is 4.79 Å². The highest BCUT2D eigenvalue weighted by Crippen LogP contribution is 2.11. The van der Waals surface area contributed by atoms with E-state index in [2.05, 4.69) is 10.6 Å². The van der Waals surface area contributed by atoms with Gasteiger partial charge in [0.05, 0.1) is 6.61 Å². The van der Waals surface area contributed by atoms with Gasteiger partial charge in [0, 0.05) is 26.1 Å². The number of amides is 2. The van der Waals surface area contributed by atoms with Crippen molar-refractivity contribution in [2.75, 3.05) is 26.3 Å². The summed E-state index contributed by atoms with van der Waals surface area (Å²) in [5.41, 5.74) is 0. The molecule has 1 aliphatic heterocycles. The molecule has 19 heavy (non-hydrogen) atoms. The topological polar surface area (TPSA) is 87.7 Å². The maximum atomic E-state index is 11.5. The third-order valence-electron chi connectivity index (χ3n) is 3.16. The fraction of sp³-hybridized carbons (Fsp3) is 0.846. The van der Waals surface area contributed by atoms with E-state index in [1.807, 2.05) is 0 Å². The molecule has 1 aliphatic rings. The van der Waals surface area contributed by atoms with Gasteiger partial charge in [-0.25, -0.2) is 4.79 Å². The molecule has 0 aromatic heterocycles. The molecule has 1 atom stereocenters.